The predicted molar refractivity (Wildman–Crippen MR) is 121 cm³/mol. The van der Waals surface area contributed by atoms with E-state index in [0.717, 1.165) is 23.0 Å². The van der Waals surface area contributed by atoms with Gasteiger partial charge in [-0.3, -0.25) is 9.36 Å². The van der Waals surface area contributed by atoms with Gasteiger partial charge in [-0.05, 0) is 24.1 Å². The second kappa shape index (κ2) is 9.80. The molecule has 9 nitrogen and oxygen atoms in total. The van der Waals surface area contributed by atoms with Gasteiger partial charge in [0, 0.05) is 6.54 Å². The van der Waals surface area contributed by atoms with E-state index in [1.165, 1.54) is 15.4 Å². The summed E-state index contributed by atoms with van der Waals surface area (Å²) in [5.74, 6) is -0.0254. The zero-order chi connectivity index (χ0) is 22.3. The van der Waals surface area contributed by atoms with Crippen LogP contribution in [0.5, 0.6) is 0 Å². The number of amides is 1. The fourth-order valence-electron chi connectivity index (χ4n) is 3.11. The number of nitriles is 1. The van der Waals surface area contributed by atoms with E-state index in [2.05, 4.69) is 20.6 Å². The first-order valence-electron chi connectivity index (χ1n) is 9.81. The first-order chi connectivity index (χ1) is 15.7. The molecule has 0 spiro atoms. The van der Waals surface area contributed by atoms with Gasteiger partial charge in [-0.15, -0.1) is 5.10 Å². The molecule has 160 valence electrons. The molecule has 2 aromatic carbocycles. The number of benzene rings is 2. The Balaban J connectivity index is 1.43. The van der Waals surface area contributed by atoms with Gasteiger partial charge in [-0.25, -0.2) is 14.6 Å². The second-order valence-electron chi connectivity index (χ2n) is 6.80. The molecule has 1 amide bonds. The predicted octanol–water partition coefficient (Wildman–Crippen LogP) is 2.60. The Hall–Kier alpha value is -4.10. The number of carbonyl (C=O) groups is 1. The van der Waals surface area contributed by atoms with Crippen LogP contribution in [0.25, 0.3) is 5.69 Å². The van der Waals surface area contributed by atoms with Crippen molar-refractivity contribution in [1.82, 2.24) is 24.5 Å². The van der Waals surface area contributed by atoms with Crippen molar-refractivity contribution in [2.45, 2.75) is 18.1 Å². The first kappa shape index (κ1) is 21.1. The van der Waals surface area contributed by atoms with Crippen molar-refractivity contribution in [2.24, 2.45) is 0 Å². The van der Waals surface area contributed by atoms with Gasteiger partial charge in [-0.1, -0.05) is 60.3 Å². The lowest BCUT2D eigenvalue weighted by Gasteiger charge is -2.10. The fraction of sp³-hybridized carbons (Fsp3) is 0.136. The van der Waals surface area contributed by atoms with Gasteiger partial charge in [0.25, 0.3) is 0 Å². The summed E-state index contributed by atoms with van der Waals surface area (Å²) >= 11 is 1.14. The fourth-order valence-corrected chi connectivity index (χ4v) is 3.88. The molecule has 0 aliphatic heterocycles. The molecule has 4 rings (SSSR count). The number of anilines is 1. The summed E-state index contributed by atoms with van der Waals surface area (Å²) in [5.41, 5.74) is 1.76. The van der Waals surface area contributed by atoms with Gasteiger partial charge in [0.2, 0.25) is 5.91 Å². The van der Waals surface area contributed by atoms with Crippen molar-refractivity contribution in [3.05, 3.63) is 88.5 Å². The monoisotopic (exact) mass is 445 g/mol. The maximum atomic E-state index is 12.6. The molecule has 0 aliphatic rings. The standard InChI is InChI=1S/C22H19N7O2S/c23-13-17-14-24-29(18-9-5-2-6-10-18)20(17)25-19(30)15-32-22-27-26-21(31)28(22)12-11-16-7-3-1-4-8-16/h1-10,14H,11-12,15H2,(H,25,30)(H,26,31). The molecular formula is C22H19N7O2S. The molecule has 10 heteroatoms. The molecule has 2 aromatic heterocycles. The van der Waals surface area contributed by atoms with Crippen LogP contribution < -0.4 is 11.0 Å². The Morgan fingerprint density at radius 1 is 1.12 bits per heavy atom. The number of para-hydroxylation sites is 1. The average molecular weight is 446 g/mol. The number of aromatic nitrogens is 5. The van der Waals surface area contributed by atoms with Gasteiger partial charge in [0.15, 0.2) is 11.0 Å². The third-order valence-electron chi connectivity index (χ3n) is 4.67. The normalized spacial score (nSPS) is 10.6. The molecule has 0 bridgehead atoms. The van der Waals surface area contributed by atoms with Crippen LogP contribution in [0.3, 0.4) is 0 Å². The summed E-state index contributed by atoms with van der Waals surface area (Å²) in [7, 11) is 0. The Labute approximate surface area is 187 Å². The smallest absolute Gasteiger partial charge is 0.309 e. The third-order valence-corrected chi connectivity index (χ3v) is 5.65. The van der Waals surface area contributed by atoms with Gasteiger partial charge in [-0.2, -0.15) is 10.4 Å². The van der Waals surface area contributed by atoms with Crippen LogP contribution in [0, 0.1) is 11.3 Å². The van der Waals surface area contributed by atoms with Crippen molar-refractivity contribution in [3.63, 3.8) is 0 Å². The van der Waals surface area contributed by atoms with Crippen molar-refractivity contribution in [2.75, 3.05) is 11.1 Å². The molecule has 0 radical (unpaired) electrons. The number of nitrogens with one attached hydrogen (secondary N) is 2. The quantitative estimate of drug-likeness (QED) is 0.402. The van der Waals surface area contributed by atoms with E-state index in [9.17, 15) is 14.9 Å². The lowest BCUT2D eigenvalue weighted by molar-refractivity contribution is -0.113. The molecule has 0 fully saturated rings. The Morgan fingerprint density at radius 2 is 1.84 bits per heavy atom. The van der Waals surface area contributed by atoms with E-state index >= 15 is 0 Å². The van der Waals surface area contributed by atoms with E-state index in [1.54, 1.807) is 0 Å². The highest BCUT2D eigenvalue weighted by atomic mass is 32.2. The van der Waals surface area contributed by atoms with E-state index in [1.807, 2.05) is 66.7 Å². The van der Waals surface area contributed by atoms with E-state index in [4.69, 9.17) is 0 Å². The van der Waals surface area contributed by atoms with Gasteiger partial charge in [0.1, 0.15) is 11.6 Å². The van der Waals surface area contributed by atoms with Crippen molar-refractivity contribution < 1.29 is 4.79 Å². The van der Waals surface area contributed by atoms with Crippen LogP contribution in [0.2, 0.25) is 0 Å². The van der Waals surface area contributed by atoms with E-state index < -0.39 is 0 Å². The Kier molecular flexibility index (Phi) is 6.48. The lowest BCUT2D eigenvalue weighted by Crippen LogP contribution is -2.20. The van der Waals surface area contributed by atoms with Gasteiger partial charge < -0.3 is 5.32 Å². The summed E-state index contributed by atoms with van der Waals surface area (Å²) in [4.78, 5) is 24.8. The lowest BCUT2D eigenvalue weighted by atomic mass is 10.1. The Bertz CT molecular complexity index is 1300. The van der Waals surface area contributed by atoms with Crippen LogP contribution in [0.1, 0.15) is 11.1 Å². The molecule has 32 heavy (non-hydrogen) atoms. The van der Waals surface area contributed by atoms with Crippen LogP contribution >= 0.6 is 11.8 Å². The minimum absolute atomic E-state index is 0.0144. The molecule has 0 unspecified atom stereocenters. The van der Waals surface area contributed by atoms with Crippen molar-refractivity contribution >= 4 is 23.5 Å². The largest absolute Gasteiger partial charge is 0.343 e. The number of thioether (sulfide) groups is 1. The molecule has 0 aliphatic carbocycles. The highest BCUT2D eigenvalue weighted by molar-refractivity contribution is 7.99. The highest BCUT2D eigenvalue weighted by Crippen LogP contribution is 2.21. The van der Waals surface area contributed by atoms with Crippen LogP contribution in [0.15, 0.2) is 76.8 Å². The summed E-state index contributed by atoms with van der Waals surface area (Å²) in [6.07, 6.45) is 2.08. The molecule has 0 saturated heterocycles. The maximum Gasteiger partial charge on any atom is 0.343 e. The molecule has 4 aromatic rings. The highest BCUT2D eigenvalue weighted by Gasteiger charge is 2.17. The number of nitrogens with zero attached hydrogens (tertiary/aromatic N) is 5. The summed E-state index contributed by atoms with van der Waals surface area (Å²) in [6, 6.07) is 21.1. The molecule has 2 heterocycles. The van der Waals surface area contributed by atoms with Crippen LogP contribution in [-0.2, 0) is 17.8 Å². The van der Waals surface area contributed by atoms with Gasteiger partial charge >= 0.3 is 5.69 Å². The molecule has 0 atom stereocenters. The molecular weight excluding hydrogens is 426 g/mol. The summed E-state index contributed by atoms with van der Waals surface area (Å²) < 4.78 is 3.02. The number of H-pyrrole nitrogens is 1. The number of carbonyl (C=O) groups excluding carboxylic acids is 1. The van der Waals surface area contributed by atoms with Crippen LogP contribution in [-0.4, -0.2) is 36.2 Å². The zero-order valence-electron chi connectivity index (χ0n) is 16.9. The first-order valence-corrected chi connectivity index (χ1v) is 10.8. The van der Waals surface area contributed by atoms with Crippen molar-refractivity contribution in [1.29, 1.82) is 5.26 Å². The number of aryl methyl sites for hydroxylation is 1. The van der Waals surface area contributed by atoms with Crippen molar-refractivity contribution in [3.8, 4) is 11.8 Å². The van der Waals surface area contributed by atoms with E-state index in [-0.39, 0.29) is 22.9 Å². The number of aromatic amines is 1. The zero-order valence-corrected chi connectivity index (χ0v) is 17.7. The average Bonchev–Trinajstić information content (AvgIpc) is 3.40. The molecule has 0 saturated carbocycles. The third kappa shape index (κ3) is 4.79. The summed E-state index contributed by atoms with van der Waals surface area (Å²) in [6.45, 7) is 0.447. The maximum absolute atomic E-state index is 12.6. The minimum Gasteiger partial charge on any atom is -0.309 e. The number of hydrogen-bond acceptors (Lipinski definition) is 6. The SMILES string of the molecule is N#Cc1cnn(-c2ccccc2)c1NC(=O)CSc1n[nH]c(=O)n1CCc1ccccc1. The summed E-state index contributed by atoms with van der Waals surface area (Å²) in [5, 5.41) is 23.2. The Morgan fingerprint density at radius 3 is 2.56 bits per heavy atom. The number of rotatable bonds is 8. The van der Waals surface area contributed by atoms with Gasteiger partial charge in [0.05, 0.1) is 17.6 Å². The topological polar surface area (TPSA) is 121 Å². The second-order valence-corrected chi connectivity index (χ2v) is 7.74. The number of hydrogen-bond donors (Lipinski definition) is 2. The minimum atomic E-state index is -0.339. The van der Waals surface area contributed by atoms with E-state index in [0.29, 0.717) is 23.9 Å². The van der Waals surface area contributed by atoms with Crippen LogP contribution in [0.4, 0.5) is 5.82 Å². The molecule has 2 N–H and O–H groups in total.